The van der Waals surface area contributed by atoms with Gasteiger partial charge in [0.1, 0.15) is 0 Å². The Morgan fingerprint density at radius 3 is 2.08 bits per heavy atom. The van der Waals surface area contributed by atoms with E-state index in [0.717, 1.165) is 5.56 Å². The van der Waals surface area contributed by atoms with Crippen molar-refractivity contribution in [1.82, 2.24) is 4.90 Å². The minimum atomic E-state index is -1.00. The first-order valence-electron chi connectivity index (χ1n) is 7.80. The van der Waals surface area contributed by atoms with Crippen molar-refractivity contribution in [2.75, 3.05) is 6.54 Å². The zero-order valence-electron chi connectivity index (χ0n) is 12.8. The van der Waals surface area contributed by atoms with Crippen LogP contribution in [0, 0.1) is 5.92 Å². The predicted molar refractivity (Wildman–Crippen MR) is 85.7 cm³/mol. The van der Waals surface area contributed by atoms with Crippen LogP contribution in [0.5, 0.6) is 0 Å². The summed E-state index contributed by atoms with van der Waals surface area (Å²) in [5.74, 6) is -1.85. The molecule has 120 valence electrons. The van der Waals surface area contributed by atoms with E-state index < -0.39 is 11.4 Å². The van der Waals surface area contributed by atoms with E-state index in [1.165, 1.54) is 4.90 Å². The first-order chi connectivity index (χ1) is 11.6. The molecule has 1 aliphatic heterocycles. The number of aliphatic carboxylic acids is 1. The molecule has 0 spiro atoms. The predicted octanol–water partition coefficient (Wildman–Crippen LogP) is 2.33. The molecule has 1 saturated carbocycles. The molecule has 24 heavy (non-hydrogen) atoms. The quantitative estimate of drug-likeness (QED) is 0.877. The van der Waals surface area contributed by atoms with Crippen LogP contribution in [0.25, 0.3) is 0 Å². The van der Waals surface area contributed by atoms with Crippen LogP contribution in [0.1, 0.15) is 32.7 Å². The molecule has 1 aliphatic carbocycles. The third kappa shape index (κ3) is 1.91. The van der Waals surface area contributed by atoms with Gasteiger partial charge in [-0.25, -0.2) is 0 Å². The van der Waals surface area contributed by atoms with E-state index in [4.69, 9.17) is 0 Å². The van der Waals surface area contributed by atoms with Crippen LogP contribution in [0.2, 0.25) is 0 Å². The maximum atomic E-state index is 12.4. The topological polar surface area (TPSA) is 74.7 Å². The standard InChI is InChI=1S/C19H15NO4/c21-16-14-8-4-5-9-15(14)17(22)20(16)11-13-10-19(13,18(23)24)12-6-2-1-3-7-12/h1-9,13H,10-11H2,(H,23,24)/t13-,19+/m1/s1. The van der Waals surface area contributed by atoms with Crippen molar-refractivity contribution >= 4 is 17.8 Å². The maximum Gasteiger partial charge on any atom is 0.314 e. The van der Waals surface area contributed by atoms with Gasteiger partial charge in [0.25, 0.3) is 11.8 Å². The average Bonchev–Trinajstić information content (AvgIpc) is 3.29. The molecule has 1 heterocycles. The summed E-state index contributed by atoms with van der Waals surface area (Å²) in [4.78, 5) is 37.9. The average molecular weight is 321 g/mol. The lowest BCUT2D eigenvalue weighted by atomic mass is 9.93. The lowest BCUT2D eigenvalue weighted by Gasteiger charge is -2.17. The van der Waals surface area contributed by atoms with Gasteiger partial charge in [-0.15, -0.1) is 0 Å². The van der Waals surface area contributed by atoms with E-state index in [0.29, 0.717) is 17.5 Å². The van der Waals surface area contributed by atoms with Crippen molar-refractivity contribution in [3.63, 3.8) is 0 Å². The van der Waals surface area contributed by atoms with Crippen LogP contribution in [0.4, 0.5) is 0 Å². The molecular formula is C19H15NO4. The molecular weight excluding hydrogens is 306 g/mol. The highest BCUT2D eigenvalue weighted by Gasteiger charge is 2.62. The van der Waals surface area contributed by atoms with Gasteiger partial charge in [-0.1, -0.05) is 42.5 Å². The number of rotatable bonds is 4. The summed E-state index contributed by atoms with van der Waals surface area (Å²) in [6.07, 6.45) is 0.430. The highest BCUT2D eigenvalue weighted by atomic mass is 16.4. The lowest BCUT2D eigenvalue weighted by Crippen LogP contribution is -2.34. The molecule has 0 saturated heterocycles. The van der Waals surface area contributed by atoms with E-state index in [-0.39, 0.29) is 24.3 Å². The number of nitrogens with zero attached hydrogens (tertiary/aromatic N) is 1. The van der Waals surface area contributed by atoms with Crippen LogP contribution in [-0.2, 0) is 10.2 Å². The summed E-state index contributed by atoms with van der Waals surface area (Å²) in [6.45, 7) is 0.132. The molecule has 0 radical (unpaired) electrons. The fourth-order valence-corrected chi connectivity index (χ4v) is 3.65. The Hall–Kier alpha value is -2.95. The summed E-state index contributed by atoms with van der Waals surface area (Å²) < 4.78 is 0. The zero-order valence-corrected chi connectivity index (χ0v) is 12.8. The SMILES string of the molecule is O=C1c2ccccc2C(=O)N1C[C@H]1C[C@]1(C(=O)O)c1ccccc1. The van der Waals surface area contributed by atoms with Crippen molar-refractivity contribution in [2.24, 2.45) is 5.92 Å². The van der Waals surface area contributed by atoms with Crippen LogP contribution >= 0.6 is 0 Å². The summed E-state index contributed by atoms with van der Waals surface area (Å²) in [6, 6.07) is 15.7. The first kappa shape index (κ1) is 14.6. The minimum absolute atomic E-state index is 0.132. The van der Waals surface area contributed by atoms with Crippen LogP contribution in [0.15, 0.2) is 54.6 Å². The molecule has 1 fully saturated rings. The van der Waals surface area contributed by atoms with Crippen molar-refractivity contribution in [2.45, 2.75) is 11.8 Å². The number of carboxylic acid groups (broad SMARTS) is 1. The van der Waals surface area contributed by atoms with Gasteiger partial charge in [0.15, 0.2) is 0 Å². The van der Waals surface area contributed by atoms with Gasteiger partial charge < -0.3 is 5.11 Å². The number of carbonyl (C=O) groups excluding carboxylic acids is 2. The third-order valence-corrected chi connectivity index (χ3v) is 5.06. The van der Waals surface area contributed by atoms with E-state index in [1.807, 2.05) is 6.07 Å². The van der Waals surface area contributed by atoms with Crippen molar-refractivity contribution in [3.8, 4) is 0 Å². The summed E-state index contributed by atoms with van der Waals surface area (Å²) >= 11 is 0. The third-order valence-electron chi connectivity index (χ3n) is 5.06. The number of carbonyl (C=O) groups is 3. The fourth-order valence-electron chi connectivity index (χ4n) is 3.65. The molecule has 0 aromatic heterocycles. The Bertz CT molecular complexity index is 826. The van der Waals surface area contributed by atoms with Gasteiger partial charge in [0.2, 0.25) is 0 Å². The summed E-state index contributed by atoms with van der Waals surface area (Å²) in [7, 11) is 0. The van der Waals surface area contributed by atoms with Crippen LogP contribution in [0.3, 0.4) is 0 Å². The Kier molecular flexibility index (Phi) is 3.06. The van der Waals surface area contributed by atoms with E-state index >= 15 is 0 Å². The molecule has 2 aromatic rings. The van der Waals surface area contributed by atoms with Gasteiger partial charge in [0, 0.05) is 6.54 Å². The Morgan fingerprint density at radius 2 is 1.54 bits per heavy atom. The van der Waals surface area contributed by atoms with E-state index in [9.17, 15) is 19.5 Å². The Labute approximate surface area is 138 Å². The molecule has 0 bridgehead atoms. The molecule has 2 amide bonds. The number of carboxylic acids is 1. The van der Waals surface area contributed by atoms with Gasteiger partial charge in [-0.2, -0.15) is 0 Å². The van der Waals surface area contributed by atoms with Crippen molar-refractivity contribution in [1.29, 1.82) is 0 Å². The van der Waals surface area contributed by atoms with Gasteiger partial charge in [0.05, 0.1) is 16.5 Å². The second-order valence-electron chi connectivity index (χ2n) is 6.31. The summed E-state index contributed by atoms with van der Waals surface area (Å²) in [5, 5.41) is 9.72. The second-order valence-corrected chi connectivity index (χ2v) is 6.31. The second kappa shape index (κ2) is 5.03. The molecule has 1 N–H and O–H groups in total. The van der Waals surface area contributed by atoms with Crippen LogP contribution < -0.4 is 0 Å². The number of fused-ring (bicyclic) bond motifs is 1. The molecule has 2 aromatic carbocycles. The molecule has 2 atom stereocenters. The molecule has 2 aliphatic rings. The van der Waals surface area contributed by atoms with Gasteiger partial charge in [-0.3, -0.25) is 19.3 Å². The number of imide groups is 1. The lowest BCUT2D eigenvalue weighted by molar-refractivity contribution is -0.140. The number of amides is 2. The van der Waals surface area contributed by atoms with Crippen LogP contribution in [-0.4, -0.2) is 34.3 Å². The smallest absolute Gasteiger partial charge is 0.314 e. The highest BCUT2D eigenvalue weighted by Crippen LogP contribution is 2.55. The molecule has 4 rings (SSSR count). The molecule has 5 heteroatoms. The normalized spacial score (nSPS) is 24.8. The van der Waals surface area contributed by atoms with E-state index in [1.54, 1.807) is 48.5 Å². The molecule has 5 nitrogen and oxygen atoms in total. The Morgan fingerprint density at radius 1 is 1.00 bits per heavy atom. The van der Waals surface area contributed by atoms with E-state index in [2.05, 4.69) is 0 Å². The summed E-state index contributed by atoms with van der Waals surface area (Å²) in [5.41, 5.74) is 0.503. The van der Waals surface area contributed by atoms with Crippen molar-refractivity contribution < 1.29 is 19.5 Å². The molecule has 0 unspecified atom stereocenters. The minimum Gasteiger partial charge on any atom is -0.481 e. The number of hydrogen-bond acceptors (Lipinski definition) is 3. The monoisotopic (exact) mass is 321 g/mol. The largest absolute Gasteiger partial charge is 0.481 e. The Balaban J connectivity index is 1.61. The maximum absolute atomic E-state index is 12.4. The van der Waals surface area contributed by atoms with Crippen molar-refractivity contribution in [3.05, 3.63) is 71.3 Å². The number of hydrogen-bond donors (Lipinski definition) is 1. The highest BCUT2D eigenvalue weighted by molar-refractivity contribution is 6.21. The van der Waals surface area contributed by atoms with Gasteiger partial charge >= 0.3 is 5.97 Å². The fraction of sp³-hybridized carbons (Fsp3) is 0.211. The zero-order chi connectivity index (χ0) is 16.9. The first-order valence-corrected chi connectivity index (χ1v) is 7.80. The van der Waals surface area contributed by atoms with Gasteiger partial charge in [-0.05, 0) is 30.0 Å². The number of benzene rings is 2.